The minimum atomic E-state index is 0. The van der Waals surface area contributed by atoms with E-state index in [1.54, 1.807) is 6.33 Å². The summed E-state index contributed by atoms with van der Waals surface area (Å²) in [6, 6.07) is 2.29. The Morgan fingerprint density at radius 2 is 2.17 bits per heavy atom. The molecule has 5 heteroatoms. The monoisotopic (exact) mass is 321 g/mol. The molecule has 0 amide bonds. The van der Waals surface area contributed by atoms with E-state index < -0.39 is 0 Å². The third-order valence-electron chi connectivity index (χ3n) is 4.84. The van der Waals surface area contributed by atoms with Gasteiger partial charge in [-0.15, -0.1) is 12.3 Å². The number of terminal acetylenes is 1. The van der Waals surface area contributed by atoms with Gasteiger partial charge in [0.25, 0.3) is 0 Å². The predicted molar refractivity (Wildman–Crippen MR) is 96.3 cm³/mol. The number of hydrogen-bond acceptors (Lipinski definition) is 3. The summed E-state index contributed by atoms with van der Waals surface area (Å²) in [7, 11) is 0. The van der Waals surface area contributed by atoms with E-state index in [2.05, 4.69) is 32.2 Å². The molecular formula is C19H23N5. The average Bonchev–Trinajstić information content (AvgIpc) is 3.32. The van der Waals surface area contributed by atoms with Crippen molar-refractivity contribution in [1.29, 1.82) is 0 Å². The highest BCUT2D eigenvalue weighted by atomic mass is 15.3. The van der Waals surface area contributed by atoms with Crippen LogP contribution in [0.15, 0.2) is 31.0 Å². The van der Waals surface area contributed by atoms with Gasteiger partial charge in [-0.25, -0.2) is 9.97 Å². The number of H-pyrrole nitrogens is 1. The minimum absolute atomic E-state index is 0. The molecule has 0 unspecified atom stereocenters. The van der Waals surface area contributed by atoms with Crippen LogP contribution in [0.2, 0.25) is 0 Å². The summed E-state index contributed by atoms with van der Waals surface area (Å²) >= 11 is 0. The maximum atomic E-state index is 5.60. The molecular weight excluding hydrogens is 298 g/mol. The fourth-order valence-corrected chi connectivity index (χ4v) is 3.68. The van der Waals surface area contributed by atoms with Crippen LogP contribution in [0, 0.1) is 18.3 Å². The first-order valence-corrected chi connectivity index (χ1v) is 8.13. The maximum absolute atomic E-state index is 5.60. The Labute approximate surface area is 142 Å². The van der Waals surface area contributed by atoms with Crippen LogP contribution < -0.4 is 0 Å². The van der Waals surface area contributed by atoms with E-state index in [1.807, 2.05) is 23.1 Å². The number of aromatic amines is 1. The minimum Gasteiger partial charge on any atom is -0.346 e. The first-order valence-electron chi connectivity index (χ1n) is 8.13. The Kier molecular flexibility index (Phi) is 4.66. The number of hydrogen-bond donors (Lipinski definition) is 1. The van der Waals surface area contributed by atoms with Gasteiger partial charge in [0.15, 0.2) is 0 Å². The van der Waals surface area contributed by atoms with Gasteiger partial charge in [0, 0.05) is 29.8 Å². The summed E-state index contributed by atoms with van der Waals surface area (Å²) in [4.78, 5) is 11.8. The molecule has 1 aliphatic carbocycles. The average molecular weight is 321 g/mol. The van der Waals surface area contributed by atoms with Crippen molar-refractivity contribution in [1.82, 2.24) is 24.7 Å². The molecule has 1 atom stereocenters. The molecule has 1 aliphatic rings. The van der Waals surface area contributed by atoms with Gasteiger partial charge in [-0.2, -0.15) is 5.10 Å². The Morgan fingerprint density at radius 1 is 1.33 bits per heavy atom. The third kappa shape index (κ3) is 2.80. The molecule has 0 radical (unpaired) electrons. The molecule has 0 saturated heterocycles. The molecule has 4 rings (SSSR count). The van der Waals surface area contributed by atoms with Gasteiger partial charge in [0.1, 0.15) is 12.0 Å². The second-order valence-corrected chi connectivity index (χ2v) is 6.19. The van der Waals surface area contributed by atoms with Crippen LogP contribution in [-0.4, -0.2) is 24.7 Å². The molecule has 3 aromatic heterocycles. The van der Waals surface area contributed by atoms with Gasteiger partial charge in [-0.3, -0.25) is 4.68 Å². The molecule has 24 heavy (non-hydrogen) atoms. The molecule has 0 bridgehead atoms. The van der Waals surface area contributed by atoms with E-state index in [1.165, 1.54) is 25.7 Å². The lowest BCUT2D eigenvalue weighted by molar-refractivity contribution is 0.316. The quantitative estimate of drug-likeness (QED) is 0.732. The zero-order valence-corrected chi connectivity index (χ0v) is 12.9. The number of nitrogens with one attached hydrogen (secondary N) is 1. The van der Waals surface area contributed by atoms with Crippen molar-refractivity contribution in [3.8, 4) is 23.6 Å². The molecule has 1 N–H and O–H groups in total. The summed E-state index contributed by atoms with van der Waals surface area (Å²) in [5.41, 5.74) is 2.77. The second kappa shape index (κ2) is 6.88. The van der Waals surface area contributed by atoms with E-state index in [4.69, 9.17) is 6.42 Å². The zero-order chi connectivity index (χ0) is 15.6. The Bertz CT molecular complexity index is 848. The Hall–Kier alpha value is -2.61. The van der Waals surface area contributed by atoms with E-state index in [9.17, 15) is 0 Å². The number of rotatable bonds is 4. The largest absolute Gasteiger partial charge is 0.346 e. The molecule has 0 spiro atoms. The summed E-state index contributed by atoms with van der Waals surface area (Å²) in [6.45, 7) is 0. The summed E-state index contributed by atoms with van der Waals surface area (Å²) in [5.74, 6) is 3.46. The van der Waals surface area contributed by atoms with Crippen LogP contribution in [0.3, 0.4) is 0 Å². The van der Waals surface area contributed by atoms with Crippen molar-refractivity contribution in [3.05, 3.63) is 31.0 Å². The van der Waals surface area contributed by atoms with Gasteiger partial charge < -0.3 is 4.98 Å². The van der Waals surface area contributed by atoms with Crippen LogP contribution in [0.25, 0.3) is 22.3 Å². The molecule has 1 fully saturated rings. The van der Waals surface area contributed by atoms with Crippen molar-refractivity contribution in [2.24, 2.45) is 5.92 Å². The summed E-state index contributed by atoms with van der Waals surface area (Å²) in [6.07, 6.45) is 18.9. The molecule has 124 valence electrons. The lowest BCUT2D eigenvalue weighted by atomic mass is 9.96. The van der Waals surface area contributed by atoms with Gasteiger partial charge in [-0.1, -0.05) is 20.3 Å². The van der Waals surface area contributed by atoms with Crippen LogP contribution >= 0.6 is 0 Å². The molecule has 3 aromatic rings. The maximum Gasteiger partial charge on any atom is 0.141 e. The van der Waals surface area contributed by atoms with Crippen molar-refractivity contribution in [3.63, 3.8) is 0 Å². The fraction of sp³-hybridized carbons (Fsp3) is 0.421. The smallest absolute Gasteiger partial charge is 0.141 e. The lowest BCUT2D eigenvalue weighted by Gasteiger charge is -2.21. The number of nitrogens with zero attached hydrogens (tertiary/aromatic N) is 4. The second-order valence-electron chi connectivity index (χ2n) is 6.19. The van der Waals surface area contributed by atoms with E-state index in [0.29, 0.717) is 12.0 Å². The van der Waals surface area contributed by atoms with Gasteiger partial charge in [0.2, 0.25) is 0 Å². The lowest BCUT2D eigenvalue weighted by Crippen LogP contribution is -2.17. The topological polar surface area (TPSA) is 59.4 Å². The molecule has 1 saturated carbocycles. The van der Waals surface area contributed by atoms with E-state index >= 15 is 0 Å². The van der Waals surface area contributed by atoms with Crippen LogP contribution in [0.1, 0.15) is 45.6 Å². The predicted octanol–water partition coefficient (Wildman–Crippen LogP) is 4.21. The van der Waals surface area contributed by atoms with Crippen LogP contribution in [0.4, 0.5) is 0 Å². The van der Waals surface area contributed by atoms with Crippen molar-refractivity contribution < 1.29 is 0 Å². The van der Waals surface area contributed by atoms with Crippen LogP contribution in [0.5, 0.6) is 0 Å². The summed E-state index contributed by atoms with van der Waals surface area (Å²) in [5, 5.41) is 5.61. The normalized spacial score (nSPS) is 16.0. The SMILES string of the molecule is C.C#CC[C@H](C1CCCC1)n1cc(-c2ncnc3[nH]ccc23)cn1. The zero-order valence-electron chi connectivity index (χ0n) is 12.9. The Morgan fingerprint density at radius 3 is 2.96 bits per heavy atom. The van der Waals surface area contributed by atoms with Gasteiger partial charge in [-0.05, 0) is 24.8 Å². The number of aromatic nitrogens is 5. The fourth-order valence-electron chi connectivity index (χ4n) is 3.68. The van der Waals surface area contributed by atoms with Gasteiger partial charge in [0.05, 0.1) is 17.9 Å². The van der Waals surface area contributed by atoms with E-state index in [0.717, 1.165) is 28.7 Å². The third-order valence-corrected chi connectivity index (χ3v) is 4.84. The molecule has 0 aromatic carbocycles. The van der Waals surface area contributed by atoms with Crippen molar-refractivity contribution >= 4 is 11.0 Å². The molecule has 5 nitrogen and oxygen atoms in total. The Balaban J connectivity index is 0.00000169. The summed E-state index contributed by atoms with van der Waals surface area (Å²) < 4.78 is 2.05. The standard InChI is InChI=1S/C18H19N5.CH4/c1-2-5-16(13-6-3-4-7-13)23-11-14(10-22-23)17-15-8-9-19-18(15)21-12-20-17;/h1,8-13,16H,3-7H2,(H,19,20,21);1H4/t16-;/m1./s1. The highest BCUT2D eigenvalue weighted by Gasteiger charge is 2.26. The van der Waals surface area contributed by atoms with E-state index in [-0.39, 0.29) is 7.43 Å². The first kappa shape index (κ1) is 16.3. The van der Waals surface area contributed by atoms with Crippen LogP contribution in [-0.2, 0) is 0 Å². The molecule has 0 aliphatic heterocycles. The van der Waals surface area contributed by atoms with Crippen molar-refractivity contribution in [2.75, 3.05) is 0 Å². The highest BCUT2D eigenvalue weighted by molar-refractivity contribution is 5.89. The van der Waals surface area contributed by atoms with Gasteiger partial charge >= 0.3 is 0 Å². The van der Waals surface area contributed by atoms with Crippen molar-refractivity contribution in [2.45, 2.75) is 45.6 Å². The molecule has 3 heterocycles. The first-order chi connectivity index (χ1) is 11.4. The highest BCUT2D eigenvalue weighted by Crippen LogP contribution is 2.36. The number of fused-ring (bicyclic) bond motifs is 1.